The van der Waals surface area contributed by atoms with Crippen LogP contribution in [0.4, 0.5) is 10.5 Å². The average Bonchev–Trinajstić information content (AvgIpc) is 3.88. The number of methoxy groups -OCH3 is 2. The first-order chi connectivity index (χ1) is 25.7. The number of aromatic nitrogens is 1. The van der Waals surface area contributed by atoms with Gasteiger partial charge in [-0.2, -0.15) is 0 Å². The maximum absolute atomic E-state index is 14.0. The molecule has 1 aliphatic rings. The highest BCUT2D eigenvalue weighted by atomic mass is 32.1. The van der Waals surface area contributed by atoms with Crippen molar-refractivity contribution in [2.45, 2.75) is 103 Å². The fraction of sp³-hybridized carbons (Fsp3) is 0.632. The van der Waals surface area contributed by atoms with E-state index in [-0.39, 0.29) is 49.3 Å². The van der Waals surface area contributed by atoms with Crippen molar-refractivity contribution in [1.29, 1.82) is 0 Å². The van der Waals surface area contributed by atoms with Crippen LogP contribution in [0.1, 0.15) is 70.9 Å². The molecule has 5 amide bonds. The molecule has 0 radical (unpaired) electrons. The lowest BCUT2D eigenvalue weighted by molar-refractivity contribution is -0.145. The van der Waals surface area contributed by atoms with Crippen LogP contribution in [-0.4, -0.2) is 116 Å². The first-order valence-corrected chi connectivity index (χ1v) is 19.3. The van der Waals surface area contributed by atoms with E-state index < -0.39 is 41.7 Å². The van der Waals surface area contributed by atoms with Gasteiger partial charge in [0.2, 0.25) is 23.6 Å². The number of thiazole rings is 1. The Morgan fingerprint density at radius 2 is 1.78 bits per heavy atom. The van der Waals surface area contributed by atoms with E-state index in [1.165, 1.54) is 37.2 Å². The molecule has 4 N–H and O–H groups in total. The number of ether oxygens (including phenoxy) is 3. The maximum atomic E-state index is 14.0. The van der Waals surface area contributed by atoms with Gasteiger partial charge in [0.1, 0.15) is 17.2 Å². The Hall–Kier alpha value is -4.28. The fourth-order valence-corrected chi connectivity index (χ4v) is 7.31. The lowest BCUT2D eigenvalue weighted by Crippen LogP contribution is -2.57. The van der Waals surface area contributed by atoms with E-state index in [1.807, 2.05) is 50.5 Å². The minimum absolute atomic E-state index is 0.00570. The number of alkyl carbamates (subject to hydrolysis) is 1. The average molecular weight is 774 g/mol. The van der Waals surface area contributed by atoms with Crippen LogP contribution in [-0.2, 0) is 46.5 Å². The Bertz CT molecular complexity index is 1520. The lowest BCUT2D eigenvalue weighted by atomic mass is 9.90. The van der Waals surface area contributed by atoms with Gasteiger partial charge in [0.25, 0.3) is 0 Å². The number of likely N-dealkylation sites (N-methyl/N-ethyl adjacent to an activating group) is 1. The molecule has 0 saturated carbocycles. The minimum Gasteiger partial charge on any atom is -0.445 e. The summed E-state index contributed by atoms with van der Waals surface area (Å²) < 4.78 is 17.1. The van der Waals surface area contributed by atoms with Crippen molar-refractivity contribution in [3.8, 4) is 0 Å². The largest absolute Gasteiger partial charge is 0.445 e. The number of nitrogens with one attached hydrogen (secondary N) is 4. The maximum Gasteiger partial charge on any atom is 0.408 e. The molecule has 1 fully saturated rings. The molecule has 1 aromatic carbocycles. The van der Waals surface area contributed by atoms with Crippen molar-refractivity contribution >= 4 is 46.7 Å². The molecule has 54 heavy (non-hydrogen) atoms. The van der Waals surface area contributed by atoms with Crippen LogP contribution in [0.3, 0.4) is 0 Å². The molecule has 2 aromatic rings. The number of anilines is 1. The normalized spacial score (nSPS) is 17.1. The lowest BCUT2D eigenvalue weighted by Gasteiger charge is -2.39. The van der Waals surface area contributed by atoms with Gasteiger partial charge in [-0.25, -0.2) is 9.78 Å². The molecule has 1 aliphatic heterocycles. The molecular formula is C38H59N7O8S. The number of rotatable bonds is 20. The van der Waals surface area contributed by atoms with Gasteiger partial charge in [-0.15, -0.1) is 11.3 Å². The first-order valence-electron chi connectivity index (χ1n) is 18.4. The summed E-state index contributed by atoms with van der Waals surface area (Å²) in [5.41, 5.74) is 0.325. The number of carbonyl (C=O) groups is 5. The molecule has 0 bridgehead atoms. The Balaban J connectivity index is 1.60. The van der Waals surface area contributed by atoms with Gasteiger partial charge in [-0.3, -0.25) is 19.2 Å². The Morgan fingerprint density at radius 1 is 1.07 bits per heavy atom. The topological polar surface area (TPSA) is 181 Å². The number of nitrogens with zero attached hydrogens (tertiary/aromatic N) is 3. The minimum atomic E-state index is -1.38. The molecule has 300 valence electrons. The molecule has 16 heteroatoms. The van der Waals surface area contributed by atoms with Crippen molar-refractivity contribution in [3.63, 3.8) is 0 Å². The number of benzene rings is 1. The summed E-state index contributed by atoms with van der Waals surface area (Å²) in [5, 5.41) is 13.8. The van der Waals surface area contributed by atoms with E-state index >= 15 is 0 Å². The highest BCUT2D eigenvalue weighted by Crippen LogP contribution is 2.29. The second kappa shape index (κ2) is 21.0. The van der Waals surface area contributed by atoms with Gasteiger partial charge in [-0.05, 0) is 50.3 Å². The highest BCUT2D eigenvalue weighted by molar-refractivity contribution is 7.09. The molecule has 6 atom stereocenters. The molecular weight excluding hydrogens is 715 g/mol. The zero-order valence-corrected chi connectivity index (χ0v) is 33.9. The molecule has 1 saturated heterocycles. The number of amides is 5. The van der Waals surface area contributed by atoms with Crippen LogP contribution in [0.15, 0.2) is 35.8 Å². The molecule has 2 heterocycles. The van der Waals surface area contributed by atoms with Gasteiger partial charge in [0.05, 0.1) is 49.7 Å². The van der Waals surface area contributed by atoms with Gasteiger partial charge in [-0.1, -0.05) is 39.3 Å². The zero-order chi connectivity index (χ0) is 40.0. The molecule has 3 rings (SSSR count). The van der Waals surface area contributed by atoms with Crippen molar-refractivity contribution in [3.05, 3.63) is 46.4 Å². The van der Waals surface area contributed by atoms with Crippen LogP contribution in [0.2, 0.25) is 0 Å². The Kier molecular flexibility index (Phi) is 17.1. The summed E-state index contributed by atoms with van der Waals surface area (Å²) in [5.74, 6) is -1.87. The van der Waals surface area contributed by atoms with E-state index in [0.29, 0.717) is 25.9 Å². The Labute approximate surface area is 323 Å². The summed E-state index contributed by atoms with van der Waals surface area (Å²) in [6.45, 7) is 9.35. The van der Waals surface area contributed by atoms with Crippen molar-refractivity contribution in [2.75, 3.05) is 46.7 Å². The SMILES string of the molecule is CCC(C)C(C(CC(=O)N1CCCC1C(OC)C(C)C(=O)NCc1nccs1)OC)N(C)C(=O)CNC(=O)C(C)(C)NC(=O)OCc1ccc(NC)cc1. The van der Waals surface area contributed by atoms with Gasteiger partial charge in [0.15, 0.2) is 0 Å². The number of carbonyl (C=O) groups excluding carboxylic acids is 5. The van der Waals surface area contributed by atoms with Crippen LogP contribution in [0, 0.1) is 11.8 Å². The van der Waals surface area contributed by atoms with Gasteiger partial charge >= 0.3 is 6.09 Å². The number of likely N-dealkylation sites (tertiary alicyclic amines) is 1. The third-order valence-corrected chi connectivity index (χ3v) is 11.0. The summed E-state index contributed by atoms with van der Waals surface area (Å²) >= 11 is 1.46. The second-order valence-corrected chi connectivity index (χ2v) is 15.2. The quantitative estimate of drug-likeness (QED) is 0.156. The summed E-state index contributed by atoms with van der Waals surface area (Å²) in [6.07, 6.45) is 1.90. The van der Waals surface area contributed by atoms with Crippen LogP contribution in [0.25, 0.3) is 0 Å². The van der Waals surface area contributed by atoms with Crippen LogP contribution >= 0.6 is 11.3 Å². The predicted octanol–water partition coefficient (Wildman–Crippen LogP) is 3.54. The van der Waals surface area contributed by atoms with E-state index in [4.69, 9.17) is 14.2 Å². The highest BCUT2D eigenvalue weighted by Gasteiger charge is 2.42. The number of hydrogen-bond donors (Lipinski definition) is 4. The van der Waals surface area contributed by atoms with Crippen molar-refractivity contribution < 1.29 is 38.2 Å². The second-order valence-electron chi connectivity index (χ2n) is 14.2. The third kappa shape index (κ3) is 12.1. The van der Waals surface area contributed by atoms with E-state index in [1.54, 1.807) is 32.2 Å². The molecule has 0 aliphatic carbocycles. The van der Waals surface area contributed by atoms with Crippen LogP contribution in [0.5, 0.6) is 0 Å². The summed E-state index contributed by atoms with van der Waals surface area (Å²) in [6, 6.07) is 6.57. The fourth-order valence-electron chi connectivity index (χ4n) is 6.76. The summed E-state index contributed by atoms with van der Waals surface area (Å²) in [4.78, 5) is 73.8. The van der Waals surface area contributed by atoms with Crippen LogP contribution < -0.4 is 21.3 Å². The number of hydrogen-bond acceptors (Lipinski definition) is 11. The van der Waals surface area contributed by atoms with Gasteiger partial charge in [0, 0.05) is 52.1 Å². The predicted molar refractivity (Wildman–Crippen MR) is 206 cm³/mol. The summed E-state index contributed by atoms with van der Waals surface area (Å²) in [7, 11) is 6.52. The molecule has 0 spiro atoms. The standard InChI is InChI=1S/C38H59N7O8S/c1-10-24(2)33(44(7)32(47)22-42-36(49)38(4,5)43-37(50)53-23-26-13-15-27(39-6)16-14-26)29(51-8)20-31(46)45-18-11-12-28(45)34(52-9)25(3)35(48)41-21-30-40-17-19-54-30/h13-17,19,24-25,28-29,33-34,39H,10-12,18,20-23H2,1-9H3,(H,41,48)(H,42,49)(H,43,50). The Morgan fingerprint density at radius 3 is 2.37 bits per heavy atom. The van der Waals surface area contributed by atoms with E-state index in [0.717, 1.165) is 22.7 Å². The molecule has 6 unspecified atom stereocenters. The zero-order valence-electron chi connectivity index (χ0n) is 33.1. The monoisotopic (exact) mass is 773 g/mol. The van der Waals surface area contributed by atoms with Gasteiger partial charge < -0.3 is 45.3 Å². The van der Waals surface area contributed by atoms with Crippen molar-refractivity contribution in [2.24, 2.45) is 11.8 Å². The molecule has 15 nitrogen and oxygen atoms in total. The van der Waals surface area contributed by atoms with E-state index in [9.17, 15) is 24.0 Å². The third-order valence-electron chi connectivity index (χ3n) is 10.2. The molecule has 1 aromatic heterocycles. The smallest absolute Gasteiger partial charge is 0.408 e. The van der Waals surface area contributed by atoms with Crippen molar-refractivity contribution in [1.82, 2.24) is 30.7 Å². The first kappa shape index (κ1) is 44.1. The van der Waals surface area contributed by atoms with E-state index in [2.05, 4.69) is 26.3 Å².